The summed E-state index contributed by atoms with van der Waals surface area (Å²) in [5.41, 5.74) is 2.26. The Kier molecular flexibility index (Phi) is 2.12. The Bertz CT molecular complexity index is 264. The zero-order valence-electron chi connectivity index (χ0n) is 7.96. The SMILES string of the molecule is C=C[C@H]1CC[C@H]2OCC(=C)C(=C)[C@@H]12. The number of ether oxygens (including phenoxy) is 1. The summed E-state index contributed by atoms with van der Waals surface area (Å²) in [6.45, 7) is 12.6. The average Bonchev–Trinajstić information content (AvgIpc) is 2.55. The van der Waals surface area contributed by atoms with Crippen LogP contribution < -0.4 is 0 Å². The second-order valence-corrected chi connectivity index (χ2v) is 3.98. The molecule has 70 valence electrons. The second-order valence-electron chi connectivity index (χ2n) is 3.98. The van der Waals surface area contributed by atoms with Crippen LogP contribution in [-0.4, -0.2) is 12.7 Å². The number of rotatable bonds is 1. The molecular weight excluding hydrogens is 160 g/mol. The minimum absolute atomic E-state index is 0.376. The van der Waals surface area contributed by atoms with Crippen molar-refractivity contribution in [3.8, 4) is 0 Å². The van der Waals surface area contributed by atoms with Crippen molar-refractivity contribution < 1.29 is 4.74 Å². The van der Waals surface area contributed by atoms with E-state index >= 15 is 0 Å². The zero-order valence-corrected chi connectivity index (χ0v) is 7.96. The molecule has 0 aromatic rings. The standard InChI is InChI=1S/C12H16O/c1-4-10-5-6-11-12(10)9(3)8(2)7-13-11/h4,10-12H,1-3,5-7H2/t10-,11+,12-/m0/s1. The Morgan fingerprint density at radius 2 is 2.08 bits per heavy atom. The molecule has 13 heavy (non-hydrogen) atoms. The summed E-state index contributed by atoms with van der Waals surface area (Å²) in [5.74, 6) is 1.01. The summed E-state index contributed by atoms with van der Waals surface area (Å²) in [6.07, 6.45) is 4.75. The molecule has 2 aliphatic rings. The Hall–Kier alpha value is -0.820. The first-order chi connectivity index (χ1) is 6.24. The lowest BCUT2D eigenvalue weighted by Crippen LogP contribution is -2.30. The van der Waals surface area contributed by atoms with Crippen molar-refractivity contribution in [1.29, 1.82) is 0 Å². The van der Waals surface area contributed by atoms with Crippen LogP contribution in [0.2, 0.25) is 0 Å². The maximum atomic E-state index is 5.71. The Morgan fingerprint density at radius 3 is 2.77 bits per heavy atom. The van der Waals surface area contributed by atoms with E-state index in [1.807, 2.05) is 6.08 Å². The molecule has 1 aliphatic heterocycles. The van der Waals surface area contributed by atoms with Gasteiger partial charge in [-0.25, -0.2) is 0 Å². The van der Waals surface area contributed by atoms with Crippen LogP contribution in [0.5, 0.6) is 0 Å². The fourth-order valence-corrected chi connectivity index (χ4v) is 2.46. The van der Waals surface area contributed by atoms with Gasteiger partial charge in [0.1, 0.15) is 0 Å². The lowest BCUT2D eigenvalue weighted by Gasteiger charge is -2.32. The normalized spacial score (nSPS) is 38.9. The number of allylic oxidation sites excluding steroid dienone is 1. The van der Waals surface area contributed by atoms with E-state index in [0.717, 1.165) is 12.0 Å². The van der Waals surface area contributed by atoms with Gasteiger partial charge in [-0.3, -0.25) is 0 Å². The number of hydrogen-bond donors (Lipinski definition) is 0. The second kappa shape index (κ2) is 3.15. The van der Waals surface area contributed by atoms with Gasteiger partial charge in [0.2, 0.25) is 0 Å². The van der Waals surface area contributed by atoms with Gasteiger partial charge in [0, 0.05) is 5.92 Å². The molecule has 1 nitrogen and oxygen atoms in total. The van der Waals surface area contributed by atoms with Crippen molar-refractivity contribution in [1.82, 2.24) is 0 Å². The van der Waals surface area contributed by atoms with E-state index in [4.69, 9.17) is 4.74 Å². The van der Waals surface area contributed by atoms with Crippen LogP contribution in [0.1, 0.15) is 12.8 Å². The molecule has 1 heterocycles. The summed E-state index contributed by atoms with van der Waals surface area (Å²) in [6, 6.07) is 0. The minimum atomic E-state index is 0.376. The molecule has 0 amide bonds. The highest BCUT2D eigenvalue weighted by molar-refractivity contribution is 5.33. The molecule has 1 saturated heterocycles. The van der Waals surface area contributed by atoms with Crippen LogP contribution in [0.4, 0.5) is 0 Å². The molecular formula is C12H16O. The number of hydrogen-bond acceptors (Lipinski definition) is 1. The first-order valence-electron chi connectivity index (χ1n) is 4.85. The fourth-order valence-electron chi connectivity index (χ4n) is 2.46. The van der Waals surface area contributed by atoms with E-state index in [0.29, 0.717) is 24.5 Å². The van der Waals surface area contributed by atoms with Crippen molar-refractivity contribution in [2.24, 2.45) is 11.8 Å². The summed E-state index contributed by atoms with van der Waals surface area (Å²) in [7, 11) is 0. The van der Waals surface area contributed by atoms with Crippen molar-refractivity contribution in [2.75, 3.05) is 6.61 Å². The molecule has 1 aliphatic carbocycles. The van der Waals surface area contributed by atoms with Gasteiger partial charge in [0.25, 0.3) is 0 Å². The molecule has 0 aromatic heterocycles. The zero-order chi connectivity index (χ0) is 9.42. The van der Waals surface area contributed by atoms with Crippen molar-refractivity contribution in [2.45, 2.75) is 18.9 Å². The largest absolute Gasteiger partial charge is 0.373 e. The first kappa shape index (κ1) is 8.76. The Balaban J connectivity index is 2.23. The van der Waals surface area contributed by atoms with Gasteiger partial charge in [0.05, 0.1) is 12.7 Å². The van der Waals surface area contributed by atoms with Crippen LogP contribution in [0.15, 0.2) is 37.0 Å². The van der Waals surface area contributed by atoms with Crippen LogP contribution in [-0.2, 0) is 4.74 Å². The van der Waals surface area contributed by atoms with E-state index in [2.05, 4.69) is 19.7 Å². The van der Waals surface area contributed by atoms with Gasteiger partial charge in [-0.2, -0.15) is 0 Å². The minimum Gasteiger partial charge on any atom is -0.373 e. The van der Waals surface area contributed by atoms with Crippen molar-refractivity contribution in [3.63, 3.8) is 0 Å². The monoisotopic (exact) mass is 176 g/mol. The van der Waals surface area contributed by atoms with Gasteiger partial charge >= 0.3 is 0 Å². The van der Waals surface area contributed by atoms with Gasteiger partial charge in [-0.1, -0.05) is 19.2 Å². The molecule has 0 N–H and O–H groups in total. The Morgan fingerprint density at radius 1 is 1.31 bits per heavy atom. The lowest BCUT2D eigenvalue weighted by atomic mass is 9.83. The molecule has 0 bridgehead atoms. The third-order valence-electron chi connectivity index (χ3n) is 3.28. The van der Waals surface area contributed by atoms with Crippen LogP contribution >= 0.6 is 0 Å². The molecule has 1 saturated carbocycles. The maximum absolute atomic E-state index is 5.71. The fraction of sp³-hybridized carbons (Fsp3) is 0.500. The molecule has 0 spiro atoms. The van der Waals surface area contributed by atoms with E-state index < -0.39 is 0 Å². The third-order valence-corrected chi connectivity index (χ3v) is 3.28. The molecule has 3 atom stereocenters. The molecule has 2 fully saturated rings. The molecule has 0 aromatic carbocycles. The number of fused-ring (bicyclic) bond motifs is 1. The maximum Gasteiger partial charge on any atom is 0.0717 e. The summed E-state index contributed by atoms with van der Waals surface area (Å²) in [5, 5.41) is 0. The topological polar surface area (TPSA) is 9.23 Å². The van der Waals surface area contributed by atoms with Crippen LogP contribution in [0.25, 0.3) is 0 Å². The first-order valence-corrected chi connectivity index (χ1v) is 4.85. The van der Waals surface area contributed by atoms with Crippen molar-refractivity contribution >= 4 is 0 Å². The summed E-state index contributed by atoms with van der Waals surface area (Å²) < 4.78 is 5.71. The highest BCUT2D eigenvalue weighted by Crippen LogP contribution is 2.43. The van der Waals surface area contributed by atoms with Gasteiger partial charge in [0.15, 0.2) is 0 Å². The van der Waals surface area contributed by atoms with Crippen molar-refractivity contribution in [3.05, 3.63) is 37.0 Å². The van der Waals surface area contributed by atoms with Crippen LogP contribution in [0, 0.1) is 11.8 Å². The Labute approximate surface area is 79.8 Å². The van der Waals surface area contributed by atoms with Crippen LogP contribution in [0.3, 0.4) is 0 Å². The molecule has 1 heteroatoms. The summed E-state index contributed by atoms with van der Waals surface area (Å²) >= 11 is 0. The molecule has 2 rings (SSSR count). The van der Waals surface area contributed by atoms with E-state index in [1.54, 1.807) is 0 Å². The van der Waals surface area contributed by atoms with E-state index in [-0.39, 0.29) is 0 Å². The van der Waals surface area contributed by atoms with E-state index in [9.17, 15) is 0 Å². The lowest BCUT2D eigenvalue weighted by molar-refractivity contribution is 0.0330. The molecule has 0 unspecified atom stereocenters. The summed E-state index contributed by atoms with van der Waals surface area (Å²) in [4.78, 5) is 0. The smallest absolute Gasteiger partial charge is 0.0717 e. The van der Waals surface area contributed by atoms with E-state index in [1.165, 1.54) is 12.0 Å². The predicted molar refractivity (Wildman–Crippen MR) is 54.4 cm³/mol. The average molecular weight is 176 g/mol. The highest BCUT2D eigenvalue weighted by Gasteiger charge is 2.40. The quantitative estimate of drug-likeness (QED) is 0.558. The third kappa shape index (κ3) is 1.28. The molecule has 0 radical (unpaired) electrons. The highest BCUT2D eigenvalue weighted by atomic mass is 16.5. The van der Waals surface area contributed by atoms with Gasteiger partial charge in [-0.15, -0.1) is 6.58 Å². The van der Waals surface area contributed by atoms with Gasteiger partial charge in [-0.05, 0) is 29.9 Å². The predicted octanol–water partition coefficient (Wildman–Crippen LogP) is 2.71. The van der Waals surface area contributed by atoms with Gasteiger partial charge < -0.3 is 4.74 Å².